The lowest BCUT2D eigenvalue weighted by atomic mass is 10.5. The van der Waals surface area contributed by atoms with Crippen molar-refractivity contribution in [3.63, 3.8) is 0 Å². The molecule has 0 aliphatic rings. The smallest absolute Gasteiger partial charge is 0.241 e. The molecule has 0 aromatic heterocycles. The van der Waals surface area contributed by atoms with Crippen molar-refractivity contribution in [2.45, 2.75) is 0 Å². The molecule has 5 N–H and O–H groups in total. The van der Waals surface area contributed by atoms with Crippen molar-refractivity contribution in [2.75, 3.05) is 6.54 Å². The molecule has 1 amide bonds. The Morgan fingerprint density at radius 1 is 1.75 bits per heavy atom. The molecule has 0 saturated carbocycles. The minimum absolute atomic E-state index is 0.458. The Labute approximate surface area is 47.5 Å². The third-order valence-corrected chi connectivity index (χ3v) is 0.518. The number of hydrogen-bond acceptors (Lipinski definition) is 3. The summed E-state index contributed by atoms with van der Waals surface area (Å²) in [4.78, 5) is 9.94. The lowest BCUT2D eigenvalue weighted by Crippen LogP contribution is -2.21. The van der Waals surface area contributed by atoms with Crippen molar-refractivity contribution in [1.29, 1.82) is 0 Å². The lowest BCUT2D eigenvalue weighted by molar-refractivity contribution is -0.113. The molecule has 0 radical (unpaired) electrons. The van der Waals surface area contributed by atoms with Gasteiger partial charge < -0.3 is 5.73 Å². The molecule has 0 atom stereocenters. The zero-order valence-electron chi connectivity index (χ0n) is 4.42. The van der Waals surface area contributed by atoms with Gasteiger partial charge in [0.15, 0.2) is 0 Å². The van der Waals surface area contributed by atoms with Gasteiger partial charge in [0.2, 0.25) is 5.91 Å². The van der Waals surface area contributed by atoms with Crippen molar-refractivity contribution in [3.8, 4) is 0 Å². The van der Waals surface area contributed by atoms with E-state index in [-0.39, 0.29) is 0 Å². The maximum Gasteiger partial charge on any atom is 0.241 e. The Morgan fingerprint density at radius 2 is 2.38 bits per heavy atom. The van der Waals surface area contributed by atoms with Crippen LogP contribution in [0.5, 0.6) is 0 Å². The highest BCUT2D eigenvalue weighted by molar-refractivity contribution is 5.85. The predicted octanol–water partition coefficient (Wildman–Crippen LogP) is -1.51. The van der Waals surface area contributed by atoms with Crippen molar-refractivity contribution in [2.24, 2.45) is 11.6 Å². The quantitative estimate of drug-likeness (QED) is 0.237. The van der Waals surface area contributed by atoms with Gasteiger partial charge in [0.25, 0.3) is 0 Å². The van der Waals surface area contributed by atoms with Crippen LogP contribution in [0.2, 0.25) is 0 Å². The maximum atomic E-state index is 9.94. The fourth-order valence-electron chi connectivity index (χ4n) is 0.243. The van der Waals surface area contributed by atoms with Gasteiger partial charge >= 0.3 is 0 Å². The van der Waals surface area contributed by atoms with E-state index in [1.54, 1.807) is 6.08 Å². The van der Waals surface area contributed by atoms with Gasteiger partial charge in [0.05, 0.1) is 0 Å². The Hall–Kier alpha value is -0.870. The number of hydrazine groups is 1. The first kappa shape index (κ1) is 7.13. The summed E-state index contributed by atoms with van der Waals surface area (Å²) in [5, 5.41) is 0. The molecule has 0 bridgehead atoms. The average molecular weight is 115 g/mol. The Balaban J connectivity index is 3.20. The molecule has 4 nitrogen and oxygen atoms in total. The van der Waals surface area contributed by atoms with Crippen molar-refractivity contribution in [1.82, 2.24) is 5.43 Å². The number of rotatable bonds is 3. The van der Waals surface area contributed by atoms with Gasteiger partial charge in [-0.2, -0.15) is 0 Å². The van der Waals surface area contributed by atoms with Gasteiger partial charge in [0, 0.05) is 6.54 Å². The van der Waals surface area contributed by atoms with Crippen LogP contribution in [0.3, 0.4) is 0 Å². The minimum Gasteiger partial charge on any atom is -0.366 e. The fraction of sp³-hybridized carbons (Fsp3) is 0.250. The van der Waals surface area contributed by atoms with Crippen LogP contribution < -0.4 is 17.0 Å². The van der Waals surface area contributed by atoms with Crippen molar-refractivity contribution >= 4 is 5.91 Å². The summed E-state index contributed by atoms with van der Waals surface area (Å²) >= 11 is 0. The number of primary amides is 1. The molecule has 46 valence electrons. The van der Waals surface area contributed by atoms with Gasteiger partial charge in [-0.05, 0) is 6.08 Å². The lowest BCUT2D eigenvalue weighted by Gasteiger charge is -1.84. The van der Waals surface area contributed by atoms with E-state index in [1.165, 1.54) is 6.08 Å². The van der Waals surface area contributed by atoms with Gasteiger partial charge in [0.1, 0.15) is 0 Å². The first-order valence-electron chi connectivity index (χ1n) is 2.17. The molecule has 8 heavy (non-hydrogen) atoms. The number of amides is 1. The summed E-state index contributed by atoms with van der Waals surface area (Å²) < 4.78 is 0. The molecule has 0 rings (SSSR count). The van der Waals surface area contributed by atoms with E-state index in [2.05, 4.69) is 5.43 Å². The van der Waals surface area contributed by atoms with Crippen molar-refractivity contribution in [3.05, 3.63) is 12.2 Å². The Bertz CT molecular complexity index is 99.5. The molecule has 4 heteroatoms. The molecular formula is C4H9N3O. The zero-order chi connectivity index (χ0) is 6.41. The molecule has 0 aliphatic carbocycles. The third-order valence-electron chi connectivity index (χ3n) is 0.518. The van der Waals surface area contributed by atoms with Crippen LogP contribution in [-0.2, 0) is 4.79 Å². The second-order valence-corrected chi connectivity index (χ2v) is 1.21. The minimum atomic E-state index is -0.458. The molecule has 0 saturated heterocycles. The van der Waals surface area contributed by atoms with E-state index in [1.807, 2.05) is 0 Å². The highest BCUT2D eigenvalue weighted by atomic mass is 16.1. The summed E-state index contributed by atoms with van der Waals surface area (Å²) in [6, 6.07) is 0. The van der Waals surface area contributed by atoms with Crippen LogP contribution in [0.25, 0.3) is 0 Å². The van der Waals surface area contributed by atoms with Crippen LogP contribution in [0.1, 0.15) is 0 Å². The van der Waals surface area contributed by atoms with Crippen molar-refractivity contribution < 1.29 is 4.79 Å². The SMILES string of the molecule is NNCC=CC(N)=O. The van der Waals surface area contributed by atoms with Gasteiger partial charge in [-0.1, -0.05) is 6.08 Å². The normalized spacial score (nSPS) is 10.1. The molecule has 0 fully saturated rings. The summed E-state index contributed by atoms with van der Waals surface area (Å²) in [7, 11) is 0. The zero-order valence-corrected chi connectivity index (χ0v) is 4.42. The molecule has 0 spiro atoms. The van der Waals surface area contributed by atoms with Crippen LogP contribution in [0, 0.1) is 0 Å². The Morgan fingerprint density at radius 3 is 2.75 bits per heavy atom. The number of carbonyl (C=O) groups is 1. The monoisotopic (exact) mass is 115 g/mol. The predicted molar refractivity (Wildman–Crippen MR) is 30.5 cm³/mol. The van der Waals surface area contributed by atoms with Crippen LogP contribution in [0.4, 0.5) is 0 Å². The first-order valence-corrected chi connectivity index (χ1v) is 2.17. The molecule has 0 aliphatic heterocycles. The van der Waals surface area contributed by atoms with E-state index in [0.29, 0.717) is 6.54 Å². The standard InChI is InChI=1S/C4H9N3O/c5-4(8)2-1-3-7-6/h1-2,7H,3,6H2,(H2,5,8). The molecule has 0 aromatic rings. The summed E-state index contributed by atoms with van der Waals surface area (Å²) in [5.41, 5.74) is 7.07. The van der Waals surface area contributed by atoms with Gasteiger partial charge in [-0.3, -0.25) is 16.1 Å². The fourth-order valence-corrected chi connectivity index (χ4v) is 0.243. The second-order valence-electron chi connectivity index (χ2n) is 1.21. The van der Waals surface area contributed by atoms with E-state index in [0.717, 1.165) is 0 Å². The van der Waals surface area contributed by atoms with E-state index >= 15 is 0 Å². The topological polar surface area (TPSA) is 81.1 Å². The number of nitrogens with two attached hydrogens (primary N) is 2. The highest BCUT2D eigenvalue weighted by Crippen LogP contribution is 1.64. The maximum absolute atomic E-state index is 9.94. The number of nitrogens with one attached hydrogen (secondary N) is 1. The summed E-state index contributed by atoms with van der Waals surface area (Å²) in [5.74, 6) is 4.40. The van der Waals surface area contributed by atoms with E-state index in [4.69, 9.17) is 11.6 Å². The molecule has 0 heterocycles. The van der Waals surface area contributed by atoms with Gasteiger partial charge in [-0.25, -0.2) is 0 Å². The Kier molecular flexibility index (Phi) is 3.83. The average Bonchev–Trinajstić information content (AvgIpc) is 1.66. The van der Waals surface area contributed by atoms with E-state index in [9.17, 15) is 4.79 Å². The molecule has 0 unspecified atom stereocenters. The van der Waals surface area contributed by atoms with Crippen LogP contribution >= 0.6 is 0 Å². The largest absolute Gasteiger partial charge is 0.366 e. The summed E-state index contributed by atoms with van der Waals surface area (Å²) in [6.07, 6.45) is 2.79. The summed E-state index contributed by atoms with van der Waals surface area (Å²) in [6.45, 7) is 0.461. The van der Waals surface area contributed by atoms with Gasteiger partial charge in [-0.15, -0.1) is 0 Å². The van der Waals surface area contributed by atoms with E-state index < -0.39 is 5.91 Å². The van der Waals surface area contributed by atoms with Crippen LogP contribution in [-0.4, -0.2) is 12.5 Å². The number of hydrogen-bond donors (Lipinski definition) is 3. The second kappa shape index (κ2) is 4.29. The molecule has 0 aromatic carbocycles. The molecular weight excluding hydrogens is 106 g/mol. The number of carbonyl (C=O) groups excluding carboxylic acids is 1. The van der Waals surface area contributed by atoms with Crippen LogP contribution in [0.15, 0.2) is 12.2 Å². The highest BCUT2D eigenvalue weighted by Gasteiger charge is 1.77. The first-order chi connectivity index (χ1) is 3.77. The third kappa shape index (κ3) is 5.13.